The predicted molar refractivity (Wildman–Crippen MR) is 105 cm³/mol. The quantitative estimate of drug-likeness (QED) is 0.741. The zero-order valence-electron chi connectivity index (χ0n) is 15.2. The molecule has 2 aromatic carbocycles. The lowest BCUT2D eigenvalue weighted by molar-refractivity contribution is 0.555. The van der Waals surface area contributed by atoms with Gasteiger partial charge in [-0.2, -0.15) is 0 Å². The van der Waals surface area contributed by atoms with Crippen molar-refractivity contribution in [2.24, 2.45) is 4.99 Å². The van der Waals surface area contributed by atoms with Crippen molar-refractivity contribution in [2.45, 2.75) is 35.5 Å². The molecule has 11 heteroatoms. The van der Waals surface area contributed by atoms with Crippen LogP contribution in [0.3, 0.4) is 0 Å². The molecule has 0 unspecified atom stereocenters. The van der Waals surface area contributed by atoms with E-state index in [2.05, 4.69) is 14.4 Å². The lowest BCUT2D eigenvalue weighted by atomic mass is 10.2. The standard InChI is InChI=1S/C18H19F2N3O4S2/c19-13-8-9-16(20)17(11-13)29(26,27)22-14-5-4-6-15(12-14)28(24,25)23-18-7-2-1-3-10-21-18/h4-6,8-9,11-12,22H,1-3,7,10H2,(H,21,23). The second-order valence-electron chi connectivity index (χ2n) is 6.45. The Morgan fingerprint density at radius 1 is 0.862 bits per heavy atom. The van der Waals surface area contributed by atoms with Gasteiger partial charge in [-0.3, -0.25) is 14.4 Å². The summed E-state index contributed by atoms with van der Waals surface area (Å²) in [6.07, 6.45) is 3.17. The van der Waals surface area contributed by atoms with Crippen LogP contribution >= 0.6 is 0 Å². The summed E-state index contributed by atoms with van der Waals surface area (Å²) in [7, 11) is -8.45. The Morgan fingerprint density at radius 2 is 1.66 bits per heavy atom. The molecule has 0 fully saturated rings. The van der Waals surface area contributed by atoms with Crippen LogP contribution in [0.1, 0.15) is 25.7 Å². The summed E-state index contributed by atoms with van der Waals surface area (Å²) >= 11 is 0. The topological polar surface area (TPSA) is 105 Å². The molecule has 0 aromatic heterocycles. The lowest BCUT2D eigenvalue weighted by Gasteiger charge is -2.12. The van der Waals surface area contributed by atoms with Crippen molar-refractivity contribution in [3.8, 4) is 0 Å². The second-order valence-corrected chi connectivity index (χ2v) is 9.79. The van der Waals surface area contributed by atoms with E-state index in [-0.39, 0.29) is 10.6 Å². The summed E-state index contributed by atoms with van der Waals surface area (Å²) in [4.78, 5) is 3.14. The smallest absolute Gasteiger partial charge is 0.264 e. The van der Waals surface area contributed by atoms with E-state index in [0.717, 1.165) is 31.4 Å². The highest BCUT2D eigenvalue weighted by atomic mass is 32.2. The van der Waals surface area contributed by atoms with Crippen LogP contribution in [-0.4, -0.2) is 29.2 Å². The van der Waals surface area contributed by atoms with E-state index in [1.54, 1.807) is 0 Å². The number of hydrogen-bond donors (Lipinski definition) is 2. The van der Waals surface area contributed by atoms with Crippen molar-refractivity contribution in [1.29, 1.82) is 0 Å². The molecule has 0 radical (unpaired) electrons. The first-order valence-electron chi connectivity index (χ1n) is 8.81. The van der Waals surface area contributed by atoms with Gasteiger partial charge in [0.05, 0.1) is 10.6 Å². The molecule has 0 saturated carbocycles. The third-order valence-corrected chi connectivity index (χ3v) is 6.98. The first-order valence-corrected chi connectivity index (χ1v) is 11.8. The van der Waals surface area contributed by atoms with Crippen LogP contribution in [0.5, 0.6) is 0 Å². The molecule has 0 atom stereocenters. The monoisotopic (exact) mass is 443 g/mol. The molecule has 2 aromatic rings. The van der Waals surface area contributed by atoms with E-state index < -0.39 is 36.6 Å². The van der Waals surface area contributed by atoms with E-state index >= 15 is 0 Å². The fourth-order valence-electron chi connectivity index (χ4n) is 2.79. The Hall–Kier alpha value is -2.53. The molecule has 1 heterocycles. The minimum atomic E-state index is -4.46. The number of hydrogen-bond acceptors (Lipinski definition) is 5. The van der Waals surface area contributed by atoms with Gasteiger partial charge in [0.15, 0.2) is 0 Å². The number of nitrogens with one attached hydrogen (secondary N) is 2. The van der Waals surface area contributed by atoms with Crippen LogP contribution in [0.25, 0.3) is 0 Å². The Morgan fingerprint density at radius 3 is 2.45 bits per heavy atom. The maximum Gasteiger partial charge on any atom is 0.264 e. The number of sulfonamides is 2. The van der Waals surface area contributed by atoms with Crippen LogP contribution in [-0.2, 0) is 20.0 Å². The largest absolute Gasteiger partial charge is 0.279 e. The van der Waals surface area contributed by atoms with E-state index in [0.29, 0.717) is 30.9 Å². The average Bonchev–Trinajstić information content (AvgIpc) is 2.91. The van der Waals surface area contributed by atoms with Gasteiger partial charge in [-0.05, 0) is 49.2 Å². The van der Waals surface area contributed by atoms with E-state index in [1.165, 1.54) is 18.2 Å². The molecule has 2 N–H and O–H groups in total. The summed E-state index contributed by atoms with van der Waals surface area (Å²) in [6.45, 7) is 0.539. The number of benzene rings is 2. The molecular weight excluding hydrogens is 424 g/mol. The molecule has 3 rings (SSSR count). The third-order valence-electron chi connectivity index (χ3n) is 4.21. The Bertz CT molecular complexity index is 1150. The molecule has 29 heavy (non-hydrogen) atoms. The predicted octanol–water partition coefficient (Wildman–Crippen LogP) is 3.02. The van der Waals surface area contributed by atoms with Crippen molar-refractivity contribution < 1.29 is 25.6 Å². The summed E-state index contributed by atoms with van der Waals surface area (Å²) in [5, 5.41) is 0. The minimum absolute atomic E-state index is 0.112. The molecule has 0 saturated heterocycles. The van der Waals surface area contributed by atoms with Gasteiger partial charge in [-0.1, -0.05) is 12.5 Å². The summed E-state index contributed by atoms with van der Waals surface area (Å²) < 4.78 is 81.7. The first-order chi connectivity index (χ1) is 13.7. The van der Waals surface area contributed by atoms with Gasteiger partial charge in [-0.15, -0.1) is 0 Å². The Labute approximate surface area is 168 Å². The van der Waals surface area contributed by atoms with Gasteiger partial charge < -0.3 is 0 Å². The van der Waals surface area contributed by atoms with Crippen LogP contribution < -0.4 is 9.44 Å². The van der Waals surface area contributed by atoms with Gasteiger partial charge >= 0.3 is 0 Å². The Kier molecular flexibility index (Phi) is 6.18. The van der Waals surface area contributed by atoms with Crippen LogP contribution in [0, 0.1) is 11.6 Å². The van der Waals surface area contributed by atoms with Crippen molar-refractivity contribution in [3.05, 3.63) is 54.1 Å². The molecule has 0 spiro atoms. The number of halogens is 2. The highest BCUT2D eigenvalue weighted by Crippen LogP contribution is 2.22. The number of nitrogens with zero attached hydrogens (tertiary/aromatic N) is 1. The van der Waals surface area contributed by atoms with Crippen molar-refractivity contribution in [3.63, 3.8) is 0 Å². The van der Waals surface area contributed by atoms with E-state index in [1.807, 2.05) is 0 Å². The summed E-state index contributed by atoms with van der Waals surface area (Å²) in [6, 6.07) is 7.06. The van der Waals surface area contributed by atoms with Crippen LogP contribution in [0.2, 0.25) is 0 Å². The maximum absolute atomic E-state index is 13.8. The summed E-state index contributed by atoms with van der Waals surface area (Å²) in [5.41, 5.74) is -0.112. The van der Waals surface area contributed by atoms with Crippen molar-refractivity contribution in [2.75, 3.05) is 11.3 Å². The number of rotatable bonds is 5. The fourth-order valence-corrected chi connectivity index (χ4v) is 5.07. The molecule has 156 valence electrons. The molecule has 1 aliphatic heterocycles. The van der Waals surface area contributed by atoms with Gasteiger partial charge in [0.1, 0.15) is 22.4 Å². The highest BCUT2D eigenvalue weighted by Gasteiger charge is 2.22. The van der Waals surface area contributed by atoms with Crippen molar-refractivity contribution in [1.82, 2.24) is 4.72 Å². The zero-order chi connectivity index (χ0) is 21.1. The van der Waals surface area contributed by atoms with Gasteiger partial charge in [-0.25, -0.2) is 25.6 Å². The Balaban J connectivity index is 1.85. The first kappa shape index (κ1) is 21.2. The van der Waals surface area contributed by atoms with Gasteiger partial charge in [0, 0.05) is 13.0 Å². The highest BCUT2D eigenvalue weighted by molar-refractivity contribution is 7.92. The maximum atomic E-state index is 13.8. The molecule has 7 nitrogen and oxygen atoms in total. The van der Waals surface area contributed by atoms with Crippen LogP contribution in [0.15, 0.2) is 57.2 Å². The van der Waals surface area contributed by atoms with Gasteiger partial charge in [0.25, 0.3) is 20.0 Å². The second kappa shape index (κ2) is 8.46. The SMILES string of the molecule is O=S(=O)(NC1=NCCCCC1)c1cccc(NS(=O)(=O)c2cc(F)ccc2F)c1. The lowest BCUT2D eigenvalue weighted by Crippen LogP contribution is -2.30. The fraction of sp³-hybridized carbons (Fsp3) is 0.278. The summed E-state index contributed by atoms with van der Waals surface area (Å²) in [5.74, 6) is -1.69. The average molecular weight is 443 g/mol. The minimum Gasteiger partial charge on any atom is -0.279 e. The normalized spacial score (nSPS) is 15.3. The van der Waals surface area contributed by atoms with Gasteiger partial charge in [0.2, 0.25) is 0 Å². The van der Waals surface area contributed by atoms with Crippen molar-refractivity contribution >= 4 is 31.6 Å². The number of amidine groups is 1. The zero-order valence-corrected chi connectivity index (χ0v) is 16.9. The van der Waals surface area contributed by atoms with Crippen LogP contribution in [0.4, 0.5) is 14.5 Å². The molecular formula is C18H19F2N3O4S2. The molecule has 1 aliphatic rings. The number of aliphatic imine (C=N–C) groups is 1. The molecule has 0 aliphatic carbocycles. The number of anilines is 1. The molecule has 0 amide bonds. The molecule has 0 bridgehead atoms. The van der Waals surface area contributed by atoms with E-state index in [9.17, 15) is 25.6 Å². The third kappa shape index (κ3) is 5.30. The van der Waals surface area contributed by atoms with E-state index in [4.69, 9.17) is 0 Å².